The molecular formula is C14H18ClF. The van der Waals surface area contributed by atoms with Gasteiger partial charge in [-0.05, 0) is 68.2 Å². The molecule has 1 aliphatic rings. The molecule has 0 saturated heterocycles. The van der Waals surface area contributed by atoms with Crippen molar-refractivity contribution < 1.29 is 4.39 Å². The van der Waals surface area contributed by atoms with Crippen molar-refractivity contribution in [3.63, 3.8) is 0 Å². The third-order valence-corrected chi connectivity index (χ3v) is 3.94. The second-order valence-corrected chi connectivity index (χ2v) is 5.49. The van der Waals surface area contributed by atoms with Crippen molar-refractivity contribution >= 4 is 11.6 Å². The third-order valence-electron chi connectivity index (χ3n) is 3.37. The monoisotopic (exact) mass is 240 g/mol. The van der Waals surface area contributed by atoms with Crippen LogP contribution in [0.5, 0.6) is 0 Å². The van der Waals surface area contributed by atoms with Gasteiger partial charge in [0.05, 0.1) is 0 Å². The van der Waals surface area contributed by atoms with Gasteiger partial charge in [0.15, 0.2) is 0 Å². The van der Waals surface area contributed by atoms with E-state index in [4.69, 9.17) is 11.6 Å². The van der Waals surface area contributed by atoms with Gasteiger partial charge in [-0.25, -0.2) is 4.39 Å². The summed E-state index contributed by atoms with van der Waals surface area (Å²) < 4.78 is 13.7. The predicted molar refractivity (Wildman–Crippen MR) is 66.6 cm³/mol. The molecule has 0 heterocycles. The van der Waals surface area contributed by atoms with Gasteiger partial charge in [0.25, 0.3) is 0 Å². The SMILES string of the molecule is Cc1cc(C)c(CCC(Cl)C2CC2)c(F)c1. The number of benzene rings is 1. The lowest BCUT2D eigenvalue weighted by atomic mass is 9.99. The summed E-state index contributed by atoms with van der Waals surface area (Å²) in [5.74, 6) is 0.618. The summed E-state index contributed by atoms with van der Waals surface area (Å²) in [6, 6.07) is 3.65. The summed E-state index contributed by atoms with van der Waals surface area (Å²) in [7, 11) is 0. The number of rotatable bonds is 4. The van der Waals surface area contributed by atoms with Gasteiger partial charge < -0.3 is 0 Å². The van der Waals surface area contributed by atoms with Gasteiger partial charge in [0.1, 0.15) is 5.82 Å². The molecule has 0 nitrogen and oxygen atoms in total. The Balaban J connectivity index is 2.02. The maximum Gasteiger partial charge on any atom is 0.126 e. The first-order valence-electron chi connectivity index (χ1n) is 5.97. The maximum absolute atomic E-state index is 13.7. The molecule has 1 fully saturated rings. The second-order valence-electron chi connectivity index (χ2n) is 4.93. The van der Waals surface area contributed by atoms with E-state index in [-0.39, 0.29) is 11.2 Å². The Kier molecular flexibility index (Phi) is 3.53. The van der Waals surface area contributed by atoms with Crippen LogP contribution >= 0.6 is 11.6 Å². The Morgan fingerprint density at radius 1 is 1.38 bits per heavy atom. The van der Waals surface area contributed by atoms with Crippen LogP contribution in [0.2, 0.25) is 0 Å². The molecule has 0 radical (unpaired) electrons. The van der Waals surface area contributed by atoms with Crippen LogP contribution in [-0.4, -0.2) is 5.38 Å². The summed E-state index contributed by atoms with van der Waals surface area (Å²) in [6.45, 7) is 3.90. The van der Waals surface area contributed by atoms with Crippen LogP contribution in [0.25, 0.3) is 0 Å². The molecule has 1 atom stereocenters. The lowest BCUT2D eigenvalue weighted by Gasteiger charge is -2.11. The van der Waals surface area contributed by atoms with E-state index in [9.17, 15) is 4.39 Å². The Morgan fingerprint density at radius 3 is 2.62 bits per heavy atom. The maximum atomic E-state index is 13.7. The molecule has 2 rings (SSSR count). The first kappa shape index (κ1) is 11.9. The molecule has 0 bridgehead atoms. The Hall–Kier alpha value is -0.560. The van der Waals surface area contributed by atoms with Crippen LogP contribution in [0.4, 0.5) is 4.39 Å². The second kappa shape index (κ2) is 4.75. The van der Waals surface area contributed by atoms with Crippen molar-refractivity contribution in [3.8, 4) is 0 Å². The van der Waals surface area contributed by atoms with E-state index in [1.807, 2.05) is 19.9 Å². The lowest BCUT2D eigenvalue weighted by molar-refractivity contribution is 0.591. The topological polar surface area (TPSA) is 0 Å². The Labute approximate surface area is 102 Å². The fraction of sp³-hybridized carbons (Fsp3) is 0.571. The van der Waals surface area contributed by atoms with Crippen LogP contribution in [0.3, 0.4) is 0 Å². The average molecular weight is 241 g/mol. The van der Waals surface area contributed by atoms with Gasteiger partial charge in [-0.1, -0.05) is 6.07 Å². The van der Waals surface area contributed by atoms with E-state index in [2.05, 4.69) is 0 Å². The number of hydrogen-bond acceptors (Lipinski definition) is 0. The molecule has 1 unspecified atom stereocenters. The van der Waals surface area contributed by atoms with Crippen molar-refractivity contribution in [2.75, 3.05) is 0 Å². The fourth-order valence-electron chi connectivity index (χ4n) is 2.24. The van der Waals surface area contributed by atoms with Crippen LogP contribution in [0.15, 0.2) is 12.1 Å². The van der Waals surface area contributed by atoms with Crippen LogP contribution in [-0.2, 0) is 6.42 Å². The number of alkyl halides is 1. The van der Waals surface area contributed by atoms with Crippen LogP contribution in [0, 0.1) is 25.6 Å². The normalized spacial score (nSPS) is 17.5. The molecule has 88 valence electrons. The van der Waals surface area contributed by atoms with E-state index in [0.717, 1.165) is 29.5 Å². The first-order valence-corrected chi connectivity index (χ1v) is 6.41. The molecular weight excluding hydrogens is 223 g/mol. The van der Waals surface area contributed by atoms with E-state index < -0.39 is 0 Å². The number of halogens is 2. The largest absolute Gasteiger partial charge is 0.207 e. The summed E-state index contributed by atoms with van der Waals surface area (Å²) >= 11 is 6.24. The predicted octanol–water partition coefficient (Wildman–Crippen LogP) is 4.39. The van der Waals surface area contributed by atoms with Crippen molar-refractivity contribution in [1.82, 2.24) is 0 Å². The first-order chi connectivity index (χ1) is 7.58. The molecule has 0 aliphatic heterocycles. The molecule has 1 aromatic carbocycles. The van der Waals surface area contributed by atoms with Gasteiger partial charge in [-0.2, -0.15) is 0 Å². The smallest absolute Gasteiger partial charge is 0.126 e. The Bertz CT molecular complexity index is 359. The van der Waals surface area contributed by atoms with Crippen LogP contribution in [0.1, 0.15) is 36.0 Å². The molecule has 1 saturated carbocycles. The molecule has 0 aromatic heterocycles. The van der Waals surface area contributed by atoms with Crippen molar-refractivity contribution in [1.29, 1.82) is 0 Å². The molecule has 1 aliphatic carbocycles. The molecule has 0 spiro atoms. The van der Waals surface area contributed by atoms with Gasteiger partial charge in [-0.15, -0.1) is 11.6 Å². The zero-order valence-corrected chi connectivity index (χ0v) is 10.6. The molecule has 16 heavy (non-hydrogen) atoms. The third kappa shape index (κ3) is 2.76. The van der Waals surface area contributed by atoms with E-state index >= 15 is 0 Å². The minimum Gasteiger partial charge on any atom is -0.207 e. The highest BCUT2D eigenvalue weighted by atomic mass is 35.5. The highest BCUT2D eigenvalue weighted by molar-refractivity contribution is 6.20. The van der Waals surface area contributed by atoms with Crippen molar-refractivity contribution in [3.05, 3.63) is 34.6 Å². The zero-order chi connectivity index (χ0) is 11.7. The highest BCUT2D eigenvalue weighted by Gasteiger charge is 2.29. The molecule has 1 aromatic rings. The quantitative estimate of drug-likeness (QED) is 0.685. The van der Waals surface area contributed by atoms with E-state index in [0.29, 0.717) is 5.92 Å². The zero-order valence-electron chi connectivity index (χ0n) is 9.89. The molecule has 0 amide bonds. The standard InChI is InChI=1S/C14H18ClF/c1-9-7-10(2)12(14(16)8-9)5-6-13(15)11-3-4-11/h7-8,11,13H,3-6H2,1-2H3. The highest BCUT2D eigenvalue weighted by Crippen LogP contribution is 2.37. The Morgan fingerprint density at radius 2 is 2.06 bits per heavy atom. The van der Waals surface area contributed by atoms with Crippen molar-refractivity contribution in [2.24, 2.45) is 5.92 Å². The van der Waals surface area contributed by atoms with Gasteiger partial charge in [-0.3, -0.25) is 0 Å². The molecule has 0 N–H and O–H groups in total. The van der Waals surface area contributed by atoms with Crippen molar-refractivity contribution in [2.45, 2.75) is 44.9 Å². The molecule has 2 heteroatoms. The number of hydrogen-bond donors (Lipinski definition) is 0. The van der Waals surface area contributed by atoms with Gasteiger partial charge >= 0.3 is 0 Å². The van der Waals surface area contributed by atoms with Crippen LogP contribution < -0.4 is 0 Å². The minimum atomic E-state index is -0.0721. The summed E-state index contributed by atoms with van der Waals surface area (Å²) in [5.41, 5.74) is 2.89. The summed E-state index contributed by atoms with van der Waals surface area (Å²) in [4.78, 5) is 0. The lowest BCUT2D eigenvalue weighted by Crippen LogP contribution is -2.05. The summed E-state index contributed by atoms with van der Waals surface area (Å²) in [5, 5.41) is 0.236. The van der Waals surface area contributed by atoms with Gasteiger partial charge in [0.2, 0.25) is 0 Å². The van der Waals surface area contributed by atoms with E-state index in [1.54, 1.807) is 6.07 Å². The van der Waals surface area contributed by atoms with Gasteiger partial charge in [0, 0.05) is 5.38 Å². The fourth-order valence-corrected chi connectivity index (χ4v) is 2.60. The average Bonchev–Trinajstić information content (AvgIpc) is 2.98. The minimum absolute atomic E-state index is 0.0721. The van der Waals surface area contributed by atoms with E-state index in [1.165, 1.54) is 12.8 Å². The summed E-state index contributed by atoms with van der Waals surface area (Å²) in [6.07, 6.45) is 4.17. The number of aryl methyl sites for hydroxylation is 2.